The Hall–Kier alpha value is -4.26. The number of aromatic nitrogens is 1. The van der Waals surface area contributed by atoms with Crippen LogP contribution in [0.2, 0.25) is 0 Å². The average molecular weight is 413 g/mol. The first-order valence-electron chi connectivity index (χ1n) is 9.65. The SMILES string of the molecule is Cc1ccc(-c2cnc(-c3ccccc3C(=O)NCc3ccc([N+](=O)[O-])cc3)o2)cc1. The highest BCUT2D eigenvalue weighted by Crippen LogP contribution is 2.28. The third-order valence-corrected chi connectivity index (χ3v) is 4.84. The maximum Gasteiger partial charge on any atom is 0.269 e. The minimum atomic E-state index is -0.458. The molecule has 0 aliphatic rings. The monoisotopic (exact) mass is 413 g/mol. The van der Waals surface area contributed by atoms with Gasteiger partial charge in [-0.25, -0.2) is 4.98 Å². The molecule has 1 amide bonds. The topological polar surface area (TPSA) is 98.3 Å². The molecule has 4 rings (SSSR count). The fraction of sp³-hybridized carbons (Fsp3) is 0.0833. The number of carbonyl (C=O) groups is 1. The van der Waals surface area contributed by atoms with Gasteiger partial charge < -0.3 is 9.73 Å². The summed E-state index contributed by atoms with van der Waals surface area (Å²) in [5.74, 6) is 0.691. The Morgan fingerprint density at radius 2 is 1.74 bits per heavy atom. The van der Waals surface area contributed by atoms with Crippen LogP contribution < -0.4 is 5.32 Å². The highest BCUT2D eigenvalue weighted by atomic mass is 16.6. The summed E-state index contributed by atoms with van der Waals surface area (Å²) >= 11 is 0. The zero-order valence-electron chi connectivity index (χ0n) is 16.7. The molecule has 1 heterocycles. The summed E-state index contributed by atoms with van der Waals surface area (Å²) in [5, 5.41) is 13.6. The van der Waals surface area contributed by atoms with Gasteiger partial charge in [-0.15, -0.1) is 0 Å². The first-order valence-corrected chi connectivity index (χ1v) is 9.65. The number of nitro benzene ring substituents is 1. The van der Waals surface area contributed by atoms with E-state index in [9.17, 15) is 14.9 Å². The molecule has 0 unspecified atom stereocenters. The number of rotatable bonds is 6. The number of amides is 1. The Morgan fingerprint density at radius 3 is 2.45 bits per heavy atom. The van der Waals surface area contributed by atoms with Gasteiger partial charge in [0.15, 0.2) is 5.76 Å². The lowest BCUT2D eigenvalue weighted by Crippen LogP contribution is -2.23. The summed E-state index contributed by atoms with van der Waals surface area (Å²) in [6, 6.07) is 21.1. The van der Waals surface area contributed by atoms with Crippen molar-refractivity contribution >= 4 is 11.6 Å². The first kappa shape index (κ1) is 20.0. The van der Waals surface area contributed by atoms with Crippen molar-refractivity contribution in [2.24, 2.45) is 0 Å². The van der Waals surface area contributed by atoms with E-state index >= 15 is 0 Å². The van der Waals surface area contributed by atoms with E-state index in [0.717, 1.165) is 16.7 Å². The summed E-state index contributed by atoms with van der Waals surface area (Å²) < 4.78 is 5.93. The van der Waals surface area contributed by atoms with Crippen molar-refractivity contribution in [2.75, 3.05) is 0 Å². The number of benzene rings is 3. The smallest absolute Gasteiger partial charge is 0.269 e. The van der Waals surface area contributed by atoms with Crippen molar-refractivity contribution in [3.05, 3.63) is 106 Å². The third-order valence-electron chi connectivity index (χ3n) is 4.84. The first-order chi connectivity index (χ1) is 15.0. The van der Waals surface area contributed by atoms with Crippen molar-refractivity contribution in [1.82, 2.24) is 10.3 Å². The molecule has 31 heavy (non-hydrogen) atoms. The van der Waals surface area contributed by atoms with Crippen LogP contribution in [0.1, 0.15) is 21.5 Å². The quantitative estimate of drug-likeness (QED) is 0.348. The number of nitrogens with one attached hydrogen (secondary N) is 1. The molecule has 7 heteroatoms. The maximum absolute atomic E-state index is 12.8. The second-order valence-electron chi connectivity index (χ2n) is 7.05. The van der Waals surface area contributed by atoms with E-state index in [4.69, 9.17) is 4.42 Å². The molecule has 0 radical (unpaired) electrons. The molecule has 0 spiro atoms. The van der Waals surface area contributed by atoms with Crippen LogP contribution in [-0.2, 0) is 6.54 Å². The number of oxazole rings is 1. The van der Waals surface area contributed by atoms with Gasteiger partial charge in [0.1, 0.15) is 0 Å². The fourth-order valence-corrected chi connectivity index (χ4v) is 3.13. The summed E-state index contributed by atoms with van der Waals surface area (Å²) in [6.45, 7) is 2.26. The number of hydrogen-bond acceptors (Lipinski definition) is 5. The van der Waals surface area contributed by atoms with Gasteiger partial charge in [-0.2, -0.15) is 0 Å². The maximum atomic E-state index is 12.8. The molecule has 0 atom stereocenters. The minimum Gasteiger partial charge on any atom is -0.436 e. The van der Waals surface area contributed by atoms with Crippen molar-refractivity contribution in [3.63, 3.8) is 0 Å². The van der Waals surface area contributed by atoms with Crippen LogP contribution in [0.25, 0.3) is 22.8 Å². The Balaban J connectivity index is 1.52. The molecule has 7 nitrogen and oxygen atoms in total. The second kappa shape index (κ2) is 8.62. The largest absolute Gasteiger partial charge is 0.436 e. The summed E-state index contributed by atoms with van der Waals surface area (Å²) in [4.78, 5) is 27.5. The van der Waals surface area contributed by atoms with Crippen LogP contribution in [0.4, 0.5) is 5.69 Å². The standard InChI is InChI=1S/C24H19N3O4/c1-16-6-10-18(11-7-16)22-15-26-24(31-22)21-5-3-2-4-20(21)23(28)25-14-17-8-12-19(13-9-17)27(29)30/h2-13,15H,14H2,1H3,(H,25,28). The predicted octanol–water partition coefficient (Wildman–Crippen LogP) is 5.16. The van der Waals surface area contributed by atoms with Gasteiger partial charge in [0.2, 0.25) is 5.89 Å². The van der Waals surface area contributed by atoms with Crippen LogP contribution in [0.3, 0.4) is 0 Å². The van der Waals surface area contributed by atoms with Gasteiger partial charge in [-0.05, 0) is 24.6 Å². The van der Waals surface area contributed by atoms with Crippen LogP contribution in [-0.4, -0.2) is 15.8 Å². The number of nitro groups is 1. The van der Waals surface area contributed by atoms with Crippen LogP contribution in [0, 0.1) is 17.0 Å². The molecule has 0 saturated carbocycles. The van der Waals surface area contributed by atoms with Gasteiger partial charge >= 0.3 is 0 Å². The number of aryl methyl sites for hydroxylation is 1. The van der Waals surface area contributed by atoms with Gasteiger partial charge in [-0.3, -0.25) is 14.9 Å². The average Bonchev–Trinajstić information content (AvgIpc) is 3.28. The number of non-ortho nitro benzene ring substituents is 1. The summed E-state index contributed by atoms with van der Waals surface area (Å²) in [6.07, 6.45) is 1.64. The molecule has 0 fully saturated rings. The van der Waals surface area contributed by atoms with E-state index in [1.54, 1.807) is 36.5 Å². The molecule has 0 aliphatic heterocycles. The molecular formula is C24H19N3O4. The molecule has 1 N–H and O–H groups in total. The van der Waals surface area contributed by atoms with E-state index in [1.165, 1.54) is 12.1 Å². The Labute approximate surface area is 178 Å². The molecular weight excluding hydrogens is 394 g/mol. The van der Waals surface area contributed by atoms with Gasteiger partial charge in [0.25, 0.3) is 11.6 Å². The fourth-order valence-electron chi connectivity index (χ4n) is 3.13. The Morgan fingerprint density at radius 1 is 1.03 bits per heavy atom. The zero-order chi connectivity index (χ0) is 21.8. The molecule has 1 aromatic heterocycles. The molecule has 4 aromatic rings. The highest BCUT2D eigenvalue weighted by molar-refractivity contribution is 6.00. The minimum absolute atomic E-state index is 0.00805. The Bertz CT molecular complexity index is 1230. The van der Waals surface area contributed by atoms with Gasteiger partial charge in [0, 0.05) is 29.8 Å². The zero-order valence-corrected chi connectivity index (χ0v) is 16.7. The van der Waals surface area contributed by atoms with E-state index in [-0.39, 0.29) is 18.1 Å². The molecule has 0 aliphatic carbocycles. The predicted molar refractivity (Wildman–Crippen MR) is 116 cm³/mol. The van der Waals surface area contributed by atoms with E-state index in [0.29, 0.717) is 22.8 Å². The van der Waals surface area contributed by atoms with Crippen molar-refractivity contribution in [2.45, 2.75) is 13.5 Å². The van der Waals surface area contributed by atoms with Crippen LogP contribution in [0.5, 0.6) is 0 Å². The van der Waals surface area contributed by atoms with Crippen molar-refractivity contribution in [1.29, 1.82) is 0 Å². The molecule has 0 bridgehead atoms. The van der Waals surface area contributed by atoms with E-state index in [1.807, 2.05) is 37.3 Å². The van der Waals surface area contributed by atoms with Crippen molar-refractivity contribution < 1.29 is 14.1 Å². The summed E-state index contributed by atoms with van der Waals surface area (Å²) in [5.41, 5.74) is 3.84. The number of carbonyl (C=O) groups excluding carboxylic acids is 1. The lowest BCUT2D eigenvalue weighted by atomic mass is 10.1. The van der Waals surface area contributed by atoms with E-state index in [2.05, 4.69) is 10.3 Å². The lowest BCUT2D eigenvalue weighted by molar-refractivity contribution is -0.384. The van der Waals surface area contributed by atoms with Gasteiger partial charge in [0.05, 0.1) is 16.7 Å². The molecule has 0 saturated heterocycles. The van der Waals surface area contributed by atoms with Crippen LogP contribution in [0.15, 0.2) is 83.4 Å². The normalized spacial score (nSPS) is 10.6. The second-order valence-corrected chi connectivity index (χ2v) is 7.05. The van der Waals surface area contributed by atoms with E-state index < -0.39 is 4.92 Å². The Kier molecular flexibility index (Phi) is 5.57. The third kappa shape index (κ3) is 4.51. The summed E-state index contributed by atoms with van der Waals surface area (Å²) in [7, 11) is 0. The van der Waals surface area contributed by atoms with Crippen LogP contribution >= 0.6 is 0 Å². The lowest BCUT2D eigenvalue weighted by Gasteiger charge is -2.08. The van der Waals surface area contributed by atoms with Crippen molar-refractivity contribution in [3.8, 4) is 22.8 Å². The van der Waals surface area contributed by atoms with Gasteiger partial charge in [-0.1, -0.05) is 54.1 Å². The number of nitrogens with zero attached hydrogens (tertiary/aromatic N) is 2. The molecule has 154 valence electrons. The molecule has 3 aromatic carbocycles. The number of hydrogen-bond donors (Lipinski definition) is 1. The highest BCUT2D eigenvalue weighted by Gasteiger charge is 2.17.